The number of benzene rings is 1. The van der Waals surface area contributed by atoms with E-state index < -0.39 is 36.3 Å². The molecule has 0 bridgehead atoms. The standard InChI is InChI=1S/C13H14FNO6/c14-8-2-1-3-9(6-8)21-7-11(16)15-10(13(19)20)4-5-12(17)18/h1-3,6,10H,4-5,7H2,(H,15,16)(H,17,18)(H,19,20). The number of ether oxygens (including phenoxy) is 1. The monoisotopic (exact) mass is 299 g/mol. The number of carboxylic acid groups (broad SMARTS) is 2. The van der Waals surface area contributed by atoms with Crippen LogP contribution in [0.1, 0.15) is 12.8 Å². The zero-order valence-electron chi connectivity index (χ0n) is 10.9. The molecule has 21 heavy (non-hydrogen) atoms. The van der Waals surface area contributed by atoms with Gasteiger partial charge in [0, 0.05) is 12.5 Å². The highest BCUT2D eigenvalue weighted by Crippen LogP contribution is 2.11. The van der Waals surface area contributed by atoms with Crippen LogP contribution < -0.4 is 10.1 Å². The number of hydrogen-bond donors (Lipinski definition) is 3. The molecule has 0 aliphatic rings. The van der Waals surface area contributed by atoms with E-state index in [4.69, 9.17) is 14.9 Å². The minimum Gasteiger partial charge on any atom is -0.484 e. The lowest BCUT2D eigenvalue weighted by Crippen LogP contribution is -2.43. The third-order valence-electron chi connectivity index (χ3n) is 2.45. The van der Waals surface area contributed by atoms with Crippen molar-refractivity contribution in [1.29, 1.82) is 0 Å². The average Bonchev–Trinajstić information content (AvgIpc) is 2.40. The number of hydrogen-bond acceptors (Lipinski definition) is 4. The molecule has 3 N–H and O–H groups in total. The van der Waals surface area contributed by atoms with Gasteiger partial charge in [0.1, 0.15) is 17.6 Å². The van der Waals surface area contributed by atoms with Gasteiger partial charge in [-0.05, 0) is 18.6 Å². The lowest BCUT2D eigenvalue weighted by Gasteiger charge is -2.13. The molecule has 0 saturated heterocycles. The molecule has 1 unspecified atom stereocenters. The molecule has 8 heteroatoms. The molecule has 114 valence electrons. The quantitative estimate of drug-likeness (QED) is 0.649. The summed E-state index contributed by atoms with van der Waals surface area (Å²) >= 11 is 0. The van der Waals surface area contributed by atoms with Crippen molar-refractivity contribution < 1.29 is 33.7 Å². The highest BCUT2D eigenvalue weighted by molar-refractivity contribution is 5.84. The summed E-state index contributed by atoms with van der Waals surface area (Å²) in [6.07, 6.45) is -0.627. The minimum absolute atomic E-state index is 0.127. The maximum absolute atomic E-state index is 12.9. The molecule has 0 aromatic heterocycles. The van der Waals surface area contributed by atoms with E-state index in [0.29, 0.717) is 0 Å². The summed E-state index contributed by atoms with van der Waals surface area (Å²) in [4.78, 5) is 32.8. The average molecular weight is 299 g/mol. The van der Waals surface area contributed by atoms with Gasteiger partial charge in [0.05, 0.1) is 0 Å². The van der Waals surface area contributed by atoms with Crippen LogP contribution in [0.25, 0.3) is 0 Å². The first kappa shape index (κ1) is 16.4. The Bertz CT molecular complexity index is 533. The largest absolute Gasteiger partial charge is 0.484 e. The van der Waals surface area contributed by atoms with E-state index >= 15 is 0 Å². The molecular formula is C13H14FNO6. The summed E-state index contributed by atoms with van der Waals surface area (Å²) < 4.78 is 17.9. The van der Waals surface area contributed by atoms with Gasteiger partial charge in [0.2, 0.25) is 0 Å². The van der Waals surface area contributed by atoms with E-state index in [9.17, 15) is 18.8 Å². The Balaban J connectivity index is 2.46. The number of rotatable bonds is 8. The molecule has 1 aromatic rings. The molecular weight excluding hydrogens is 285 g/mol. The molecule has 0 radical (unpaired) electrons. The fourth-order valence-corrected chi connectivity index (χ4v) is 1.47. The summed E-state index contributed by atoms with van der Waals surface area (Å²) in [6, 6.07) is 3.81. The molecule has 1 rings (SSSR count). The number of nitrogens with one attached hydrogen (secondary N) is 1. The third kappa shape index (κ3) is 6.37. The van der Waals surface area contributed by atoms with E-state index in [1.165, 1.54) is 18.2 Å². The lowest BCUT2D eigenvalue weighted by atomic mass is 10.1. The molecule has 1 aromatic carbocycles. The van der Waals surface area contributed by atoms with Gasteiger partial charge in [-0.15, -0.1) is 0 Å². The van der Waals surface area contributed by atoms with Crippen molar-refractivity contribution in [3.8, 4) is 5.75 Å². The van der Waals surface area contributed by atoms with Crippen LogP contribution in [-0.4, -0.2) is 40.7 Å². The molecule has 0 saturated carbocycles. The summed E-state index contributed by atoms with van der Waals surface area (Å²) in [5, 5.41) is 19.5. The van der Waals surface area contributed by atoms with Crippen molar-refractivity contribution in [1.82, 2.24) is 5.32 Å². The SMILES string of the molecule is O=C(O)CCC(NC(=O)COc1cccc(F)c1)C(=O)O. The third-order valence-corrected chi connectivity index (χ3v) is 2.45. The summed E-state index contributed by atoms with van der Waals surface area (Å²) in [7, 11) is 0. The van der Waals surface area contributed by atoms with E-state index in [-0.39, 0.29) is 18.6 Å². The van der Waals surface area contributed by atoms with Gasteiger partial charge in [0.25, 0.3) is 5.91 Å². The molecule has 7 nitrogen and oxygen atoms in total. The van der Waals surface area contributed by atoms with Crippen LogP contribution in [0.3, 0.4) is 0 Å². The van der Waals surface area contributed by atoms with Crippen LogP contribution in [0.15, 0.2) is 24.3 Å². The minimum atomic E-state index is -1.34. The predicted octanol–water partition coefficient (Wildman–Crippen LogP) is 0.639. The first-order valence-corrected chi connectivity index (χ1v) is 6.01. The fourth-order valence-electron chi connectivity index (χ4n) is 1.47. The van der Waals surface area contributed by atoms with Crippen molar-refractivity contribution in [2.75, 3.05) is 6.61 Å². The summed E-state index contributed by atoms with van der Waals surface area (Å²) in [6.45, 7) is -0.500. The van der Waals surface area contributed by atoms with Crippen LogP contribution in [0.5, 0.6) is 5.75 Å². The van der Waals surface area contributed by atoms with E-state index in [0.717, 1.165) is 6.07 Å². The molecule has 0 fully saturated rings. The zero-order chi connectivity index (χ0) is 15.8. The molecule has 0 spiro atoms. The number of carboxylic acids is 2. The fraction of sp³-hybridized carbons (Fsp3) is 0.308. The number of carbonyl (C=O) groups is 3. The Morgan fingerprint density at radius 1 is 1.29 bits per heavy atom. The van der Waals surface area contributed by atoms with Gasteiger partial charge >= 0.3 is 11.9 Å². The van der Waals surface area contributed by atoms with Crippen molar-refractivity contribution >= 4 is 17.8 Å². The maximum Gasteiger partial charge on any atom is 0.326 e. The topological polar surface area (TPSA) is 113 Å². The van der Waals surface area contributed by atoms with Gasteiger partial charge in [0.15, 0.2) is 6.61 Å². The molecule has 1 amide bonds. The van der Waals surface area contributed by atoms with Crippen LogP contribution in [-0.2, 0) is 14.4 Å². The second-order valence-corrected chi connectivity index (χ2v) is 4.14. The normalized spacial score (nSPS) is 11.5. The molecule has 0 aliphatic heterocycles. The van der Waals surface area contributed by atoms with Gasteiger partial charge < -0.3 is 20.3 Å². The van der Waals surface area contributed by atoms with E-state index in [1.807, 2.05) is 0 Å². The summed E-state index contributed by atoms with van der Waals surface area (Å²) in [5.41, 5.74) is 0. The van der Waals surface area contributed by atoms with Crippen LogP contribution in [0.4, 0.5) is 4.39 Å². The Morgan fingerprint density at radius 3 is 2.57 bits per heavy atom. The smallest absolute Gasteiger partial charge is 0.326 e. The van der Waals surface area contributed by atoms with Gasteiger partial charge in [-0.25, -0.2) is 9.18 Å². The van der Waals surface area contributed by atoms with Crippen molar-refractivity contribution in [3.05, 3.63) is 30.1 Å². The maximum atomic E-state index is 12.9. The Morgan fingerprint density at radius 2 is 2.00 bits per heavy atom. The number of carbonyl (C=O) groups excluding carboxylic acids is 1. The molecule has 0 aliphatic carbocycles. The van der Waals surface area contributed by atoms with Crippen molar-refractivity contribution in [3.63, 3.8) is 0 Å². The highest BCUT2D eigenvalue weighted by atomic mass is 19.1. The van der Waals surface area contributed by atoms with E-state index in [1.54, 1.807) is 0 Å². The van der Waals surface area contributed by atoms with Crippen LogP contribution in [0.2, 0.25) is 0 Å². The molecule has 0 heterocycles. The van der Waals surface area contributed by atoms with E-state index in [2.05, 4.69) is 5.32 Å². The number of aliphatic carboxylic acids is 2. The second-order valence-electron chi connectivity index (χ2n) is 4.14. The van der Waals surface area contributed by atoms with Gasteiger partial charge in [-0.1, -0.05) is 6.07 Å². The zero-order valence-corrected chi connectivity index (χ0v) is 10.9. The first-order chi connectivity index (χ1) is 9.88. The Kier molecular flexibility index (Phi) is 6.12. The predicted molar refractivity (Wildman–Crippen MR) is 68.3 cm³/mol. The number of halogens is 1. The number of amides is 1. The second kappa shape index (κ2) is 7.83. The van der Waals surface area contributed by atoms with Gasteiger partial charge in [-0.3, -0.25) is 9.59 Å². The Labute approximate surface area is 119 Å². The van der Waals surface area contributed by atoms with Gasteiger partial charge in [-0.2, -0.15) is 0 Å². The van der Waals surface area contributed by atoms with Crippen LogP contribution >= 0.6 is 0 Å². The Hall–Kier alpha value is -2.64. The first-order valence-electron chi connectivity index (χ1n) is 6.01. The molecule has 1 atom stereocenters. The lowest BCUT2D eigenvalue weighted by molar-refractivity contribution is -0.143. The van der Waals surface area contributed by atoms with Crippen LogP contribution in [0, 0.1) is 5.82 Å². The van der Waals surface area contributed by atoms with Crippen molar-refractivity contribution in [2.24, 2.45) is 0 Å². The highest BCUT2D eigenvalue weighted by Gasteiger charge is 2.21. The van der Waals surface area contributed by atoms with Crippen molar-refractivity contribution in [2.45, 2.75) is 18.9 Å². The summed E-state index contributed by atoms with van der Waals surface area (Å²) in [5.74, 6) is -3.64.